The minimum Gasteiger partial charge on any atom is -0.373 e. The maximum atomic E-state index is 4.22. The number of aryl methyl sites for hydroxylation is 2. The van der Waals surface area contributed by atoms with Gasteiger partial charge in [-0.05, 0) is 35.3 Å². The van der Waals surface area contributed by atoms with Crippen molar-refractivity contribution in [2.45, 2.75) is 19.9 Å². The lowest BCUT2D eigenvalue weighted by Crippen LogP contribution is -2.20. The van der Waals surface area contributed by atoms with Crippen LogP contribution < -0.4 is 4.90 Å². The zero-order chi connectivity index (χ0) is 13.0. The molecule has 5 heteroatoms. The van der Waals surface area contributed by atoms with Crippen LogP contribution in [0.1, 0.15) is 12.2 Å². The third-order valence-electron chi connectivity index (χ3n) is 2.95. The van der Waals surface area contributed by atoms with E-state index in [4.69, 9.17) is 0 Å². The lowest BCUT2D eigenvalue weighted by molar-refractivity contribution is 0.622. The van der Waals surface area contributed by atoms with Gasteiger partial charge in [-0.15, -0.1) is 0 Å². The van der Waals surface area contributed by atoms with Crippen molar-refractivity contribution >= 4 is 21.6 Å². The lowest BCUT2D eigenvalue weighted by Gasteiger charge is -2.19. The monoisotopic (exact) mass is 308 g/mol. The van der Waals surface area contributed by atoms with Crippen molar-refractivity contribution in [1.29, 1.82) is 0 Å². The molecular weight excluding hydrogens is 292 g/mol. The fraction of sp³-hybridized carbons (Fsp3) is 0.385. The van der Waals surface area contributed by atoms with E-state index in [1.54, 1.807) is 6.20 Å². The molecular formula is C13H17BrN4. The van der Waals surface area contributed by atoms with E-state index in [1.807, 2.05) is 25.5 Å². The normalized spacial score (nSPS) is 10.6. The number of hydrogen-bond donors (Lipinski definition) is 0. The number of imidazole rings is 1. The summed E-state index contributed by atoms with van der Waals surface area (Å²) < 4.78 is 3.19. The molecule has 0 spiro atoms. The molecule has 0 radical (unpaired) electrons. The number of hydrogen-bond acceptors (Lipinski definition) is 3. The first-order valence-electron chi connectivity index (χ1n) is 5.96. The summed E-state index contributed by atoms with van der Waals surface area (Å²) in [5.41, 5.74) is 1.13. The zero-order valence-corrected chi connectivity index (χ0v) is 12.3. The van der Waals surface area contributed by atoms with E-state index in [0.717, 1.165) is 35.5 Å². The number of rotatable bonds is 5. The summed E-state index contributed by atoms with van der Waals surface area (Å²) in [5, 5.41) is 0. The van der Waals surface area contributed by atoms with Crippen LogP contribution in [0, 0.1) is 6.92 Å². The first-order chi connectivity index (χ1) is 8.66. The van der Waals surface area contributed by atoms with Crippen LogP contribution >= 0.6 is 15.9 Å². The number of aromatic nitrogens is 3. The molecule has 0 aliphatic carbocycles. The maximum absolute atomic E-state index is 4.22. The Morgan fingerprint density at radius 2 is 2.22 bits per heavy atom. The molecule has 0 unspecified atom stereocenters. The van der Waals surface area contributed by atoms with E-state index in [2.05, 4.69) is 48.5 Å². The van der Waals surface area contributed by atoms with Gasteiger partial charge in [0.05, 0.1) is 11.9 Å². The Labute approximate surface area is 116 Å². The van der Waals surface area contributed by atoms with Crippen molar-refractivity contribution in [1.82, 2.24) is 14.5 Å². The van der Waals surface area contributed by atoms with Crippen molar-refractivity contribution in [2.75, 3.05) is 18.5 Å². The minimum absolute atomic E-state index is 0.996. The fourth-order valence-electron chi connectivity index (χ4n) is 1.86. The quantitative estimate of drug-likeness (QED) is 0.851. The highest BCUT2D eigenvalue weighted by Gasteiger charge is 2.02. The van der Waals surface area contributed by atoms with Crippen molar-refractivity contribution < 1.29 is 0 Å². The molecule has 0 saturated carbocycles. The molecule has 0 fully saturated rings. The van der Waals surface area contributed by atoms with Crippen LogP contribution in [0.25, 0.3) is 0 Å². The predicted molar refractivity (Wildman–Crippen MR) is 76.8 cm³/mol. The van der Waals surface area contributed by atoms with Crippen LogP contribution in [0.3, 0.4) is 0 Å². The Balaban J connectivity index is 1.85. The second kappa shape index (κ2) is 6.00. The maximum Gasteiger partial charge on any atom is 0.105 e. The average Bonchev–Trinajstić information content (AvgIpc) is 2.75. The topological polar surface area (TPSA) is 34.0 Å². The SMILES string of the molecule is Cc1nccn1CCCN(C)c1cncc(Br)c1. The summed E-state index contributed by atoms with van der Waals surface area (Å²) in [7, 11) is 2.09. The van der Waals surface area contributed by atoms with E-state index in [-0.39, 0.29) is 0 Å². The smallest absolute Gasteiger partial charge is 0.105 e. The van der Waals surface area contributed by atoms with Crippen LogP contribution in [-0.2, 0) is 6.54 Å². The Bertz CT molecular complexity index is 509. The van der Waals surface area contributed by atoms with Crippen molar-refractivity contribution in [2.24, 2.45) is 0 Å². The molecule has 96 valence electrons. The van der Waals surface area contributed by atoms with E-state index in [0.29, 0.717) is 0 Å². The summed E-state index contributed by atoms with van der Waals surface area (Å²) >= 11 is 3.44. The van der Waals surface area contributed by atoms with E-state index < -0.39 is 0 Å². The highest BCUT2D eigenvalue weighted by Crippen LogP contribution is 2.17. The Hall–Kier alpha value is -1.36. The molecule has 0 saturated heterocycles. The van der Waals surface area contributed by atoms with Gasteiger partial charge in [-0.3, -0.25) is 4.98 Å². The average molecular weight is 309 g/mol. The minimum atomic E-state index is 0.996. The van der Waals surface area contributed by atoms with Crippen LogP contribution in [0.5, 0.6) is 0 Å². The summed E-state index contributed by atoms with van der Waals surface area (Å²) in [6.07, 6.45) is 8.63. The summed E-state index contributed by atoms with van der Waals surface area (Å²) in [4.78, 5) is 10.6. The largest absolute Gasteiger partial charge is 0.373 e. The summed E-state index contributed by atoms with van der Waals surface area (Å²) in [6, 6.07) is 2.08. The molecule has 0 N–H and O–H groups in total. The molecule has 0 aromatic carbocycles. The second-order valence-corrected chi connectivity index (χ2v) is 5.22. The Morgan fingerprint density at radius 1 is 1.39 bits per heavy atom. The van der Waals surface area contributed by atoms with Gasteiger partial charge >= 0.3 is 0 Å². The standard InChI is InChI=1S/C13H17BrN4/c1-11-16-4-7-18(11)6-3-5-17(2)13-8-12(14)9-15-10-13/h4,7-10H,3,5-6H2,1-2H3. The van der Waals surface area contributed by atoms with Gasteiger partial charge in [-0.1, -0.05) is 0 Å². The third-order valence-corrected chi connectivity index (χ3v) is 3.38. The first kappa shape index (κ1) is 13.1. The molecule has 2 rings (SSSR count). The highest BCUT2D eigenvalue weighted by atomic mass is 79.9. The predicted octanol–water partition coefficient (Wildman–Crippen LogP) is 2.88. The molecule has 18 heavy (non-hydrogen) atoms. The molecule has 0 aliphatic rings. The van der Waals surface area contributed by atoms with Crippen molar-refractivity contribution in [3.8, 4) is 0 Å². The Morgan fingerprint density at radius 3 is 2.89 bits per heavy atom. The molecule has 0 amide bonds. The van der Waals surface area contributed by atoms with E-state index in [9.17, 15) is 0 Å². The van der Waals surface area contributed by atoms with Gasteiger partial charge in [0.2, 0.25) is 0 Å². The molecule has 0 aliphatic heterocycles. The van der Waals surface area contributed by atoms with Gasteiger partial charge in [-0.25, -0.2) is 4.98 Å². The second-order valence-electron chi connectivity index (χ2n) is 4.30. The van der Waals surface area contributed by atoms with Gasteiger partial charge < -0.3 is 9.47 Å². The molecule has 4 nitrogen and oxygen atoms in total. The number of halogens is 1. The molecule has 0 atom stereocenters. The van der Waals surface area contributed by atoms with E-state index in [1.165, 1.54) is 0 Å². The number of anilines is 1. The van der Waals surface area contributed by atoms with Crippen molar-refractivity contribution in [3.05, 3.63) is 41.2 Å². The zero-order valence-electron chi connectivity index (χ0n) is 10.7. The van der Waals surface area contributed by atoms with E-state index >= 15 is 0 Å². The van der Waals surface area contributed by atoms with Gasteiger partial charge in [0, 0.05) is 43.2 Å². The first-order valence-corrected chi connectivity index (χ1v) is 6.75. The van der Waals surface area contributed by atoms with Crippen LogP contribution in [0.4, 0.5) is 5.69 Å². The van der Waals surface area contributed by atoms with Crippen LogP contribution in [-0.4, -0.2) is 28.1 Å². The number of nitrogens with zero attached hydrogens (tertiary/aromatic N) is 4. The summed E-state index contributed by atoms with van der Waals surface area (Å²) in [6.45, 7) is 4.02. The van der Waals surface area contributed by atoms with Gasteiger partial charge in [0.1, 0.15) is 5.82 Å². The molecule has 0 bridgehead atoms. The molecule has 2 heterocycles. The molecule has 2 aromatic heterocycles. The molecule has 2 aromatic rings. The summed E-state index contributed by atoms with van der Waals surface area (Å²) in [5.74, 6) is 1.07. The third kappa shape index (κ3) is 3.32. The highest BCUT2D eigenvalue weighted by molar-refractivity contribution is 9.10. The van der Waals surface area contributed by atoms with Gasteiger partial charge in [0.15, 0.2) is 0 Å². The fourth-order valence-corrected chi connectivity index (χ4v) is 2.21. The van der Waals surface area contributed by atoms with Crippen LogP contribution in [0.15, 0.2) is 35.3 Å². The van der Waals surface area contributed by atoms with Crippen molar-refractivity contribution in [3.63, 3.8) is 0 Å². The number of pyridine rings is 1. The van der Waals surface area contributed by atoms with Crippen LogP contribution in [0.2, 0.25) is 0 Å². The lowest BCUT2D eigenvalue weighted by atomic mass is 10.3. The van der Waals surface area contributed by atoms with Gasteiger partial charge in [-0.2, -0.15) is 0 Å². The Kier molecular flexibility index (Phi) is 4.36. The van der Waals surface area contributed by atoms with Gasteiger partial charge in [0.25, 0.3) is 0 Å².